The summed E-state index contributed by atoms with van der Waals surface area (Å²) in [6, 6.07) is 3.83. The fraction of sp³-hybridized carbons (Fsp3) is 0.353. The number of imidazole rings is 1. The quantitative estimate of drug-likeness (QED) is 0.724. The molecule has 1 aliphatic carbocycles. The molecule has 1 amide bonds. The molecule has 1 fully saturated rings. The van der Waals surface area contributed by atoms with E-state index in [2.05, 4.69) is 25.3 Å². The first-order valence-corrected chi connectivity index (χ1v) is 9.20. The molecule has 25 heavy (non-hydrogen) atoms. The van der Waals surface area contributed by atoms with Gasteiger partial charge in [-0.2, -0.15) is 0 Å². The first-order valence-electron chi connectivity index (χ1n) is 8.32. The standard InChI is InChI=1S/C17H18N6OS/c24-15(14-11-23-10-2-9-18-16(23)22-14)21-12-3-5-13(6-4-12)25-17-19-7-1-8-20-17/h1-2,7-13H,3-6H2,(H,21,24). The topological polar surface area (TPSA) is 85.1 Å². The molecule has 0 atom stereocenters. The highest BCUT2D eigenvalue weighted by molar-refractivity contribution is 7.99. The van der Waals surface area contributed by atoms with E-state index in [1.807, 2.05) is 18.3 Å². The monoisotopic (exact) mass is 354 g/mol. The van der Waals surface area contributed by atoms with Gasteiger partial charge in [-0.1, -0.05) is 11.8 Å². The van der Waals surface area contributed by atoms with Crippen molar-refractivity contribution in [3.63, 3.8) is 0 Å². The van der Waals surface area contributed by atoms with Crippen molar-refractivity contribution in [3.8, 4) is 0 Å². The first kappa shape index (κ1) is 16.0. The van der Waals surface area contributed by atoms with Crippen LogP contribution in [0.3, 0.4) is 0 Å². The molecule has 3 aromatic heterocycles. The minimum absolute atomic E-state index is 0.131. The molecule has 0 aromatic carbocycles. The molecule has 0 aliphatic heterocycles. The van der Waals surface area contributed by atoms with Gasteiger partial charge in [-0.05, 0) is 37.8 Å². The highest BCUT2D eigenvalue weighted by Gasteiger charge is 2.24. The molecule has 7 nitrogen and oxygen atoms in total. The second-order valence-corrected chi connectivity index (χ2v) is 7.32. The molecular weight excluding hydrogens is 336 g/mol. The van der Waals surface area contributed by atoms with Gasteiger partial charge in [0, 0.05) is 42.3 Å². The van der Waals surface area contributed by atoms with Gasteiger partial charge < -0.3 is 5.32 Å². The number of aromatic nitrogens is 5. The lowest BCUT2D eigenvalue weighted by Gasteiger charge is -2.28. The van der Waals surface area contributed by atoms with Crippen LogP contribution < -0.4 is 5.32 Å². The average molecular weight is 354 g/mol. The number of hydrogen-bond acceptors (Lipinski definition) is 6. The SMILES string of the molecule is O=C(NC1CCC(Sc2ncccn2)CC1)c1cn2cccnc2n1. The maximum absolute atomic E-state index is 12.4. The summed E-state index contributed by atoms with van der Waals surface area (Å²) in [5, 5.41) is 4.43. The Labute approximate surface area is 149 Å². The number of nitrogens with one attached hydrogen (secondary N) is 1. The van der Waals surface area contributed by atoms with Gasteiger partial charge in [0.25, 0.3) is 5.91 Å². The lowest BCUT2D eigenvalue weighted by molar-refractivity contribution is 0.0923. The Morgan fingerprint density at radius 1 is 1.08 bits per heavy atom. The molecule has 1 N–H and O–H groups in total. The van der Waals surface area contributed by atoms with E-state index in [9.17, 15) is 4.79 Å². The Bertz CT molecular complexity index is 827. The molecule has 128 valence electrons. The predicted octanol–water partition coefficient (Wildman–Crippen LogP) is 2.35. The molecule has 0 spiro atoms. The summed E-state index contributed by atoms with van der Waals surface area (Å²) in [4.78, 5) is 29.4. The van der Waals surface area contributed by atoms with Crippen LogP contribution in [0.4, 0.5) is 0 Å². The maximum Gasteiger partial charge on any atom is 0.271 e. The van der Waals surface area contributed by atoms with E-state index in [1.54, 1.807) is 40.9 Å². The van der Waals surface area contributed by atoms with Crippen LogP contribution in [0.2, 0.25) is 0 Å². The number of amides is 1. The summed E-state index contributed by atoms with van der Waals surface area (Å²) < 4.78 is 1.75. The summed E-state index contributed by atoms with van der Waals surface area (Å²) in [5.41, 5.74) is 0.410. The summed E-state index contributed by atoms with van der Waals surface area (Å²) in [6.45, 7) is 0. The van der Waals surface area contributed by atoms with E-state index in [0.717, 1.165) is 30.8 Å². The van der Waals surface area contributed by atoms with E-state index in [1.165, 1.54) is 0 Å². The number of carbonyl (C=O) groups is 1. The Kier molecular flexibility index (Phi) is 4.60. The summed E-state index contributed by atoms with van der Waals surface area (Å²) >= 11 is 1.73. The molecule has 1 saturated carbocycles. The van der Waals surface area contributed by atoms with Crippen LogP contribution in [0.15, 0.2) is 48.3 Å². The van der Waals surface area contributed by atoms with Gasteiger partial charge in [0.15, 0.2) is 5.16 Å². The molecule has 4 rings (SSSR count). The Balaban J connectivity index is 1.31. The lowest BCUT2D eigenvalue weighted by Crippen LogP contribution is -2.38. The van der Waals surface area contributed by atoms with E-state index in [4.69, 9.17) is 0 Å². The normalized spacial score (nSPS) is 20.5. The number of nitrogens with zero attached hydrogens (tertiary/aromatic N) is 5. The Morgan fingerprint density at radius 3 is 2.60 bits per heavy atom. The summed E-state index contributed by atoms with van der Waals surface area (Å²) in [6.07, 6.45) is 12.8. The minimum Gasteiger partial charge on any atom is -0.348 e. The van der Waals surface area contributed by atoms with Crippen LogP contribution in [0, 0.1) is 0 Å². The van der Waals surface area contributed by atoms with Crippen LogP contribution in [-0.2, 0) is 0 Å². The third-order valence-corrected chi connectivity index (χ3v) is 5.52. The van der Waals surface area contributed by atoms with Crippen LogP contribution in [-0.4, -0.2) is 41.5 Å². The molecule has 1 aliphatic rings. The third kappa shape index (κ3) is 3.79. The molecule has 0 radical (unpaired) electrons. The largest absolute Gasteiger partial charge is 0.348 e. The van der Waals surface area contributed by atoms with Gasteiger partial charge in [-0.25, -0.2) is 19.9 Å². The van der Waals surface area contributed by atoms with Crippen molar-refractivity contribution in [1.82, 2.24) is 29.7 Å². The number of fused-ring (bicyclic) bond motifs is 1. The van der Waals surface area contributed by atoms with E-state index in [-0.39, 0.29) is 11.9 Å². The van der Waals surface area contributed by atoms with Crippen molar-refractivity contribution in [2.45, 2.75) is 42.1 Å². The molecule has 0 bridgehead atoms. The minimum atomic E-state index is -0.131. The molecular formula is C17H18N6OS. The molecule has 3 heterocycles. The third-order valence-electron chi connectivity index (χ3n) is 4.29. The summed E-state index contributed by atoms with van der Waals surface area (Å²) in [7, 11) is 0. The van der Waals surface area contributed by atoms with Crippen LogP contribution in [0.25, 0.3) is 5.78 Å². The zero-order valence-electron chi connectivity index (χ0n) is 13.6. The van der Waals surface area contributed by atoms with Crippen molar-refractivity contribution in [3.05, 3.63) is 48.8 Å². The van der Waals surface area contributed by atoms with Crippen molar-refractivity contribution >= 4 is 23.4 Å². The van der Waals surface area contributed by atoms with E-state index >= 15 is 0 Å². The second kappa shape index (κ2) is 7.18. The lowest BCUT2D eigenvalue weighted by atomic mass is 9.95. The van der Waals surface area contributed by atoms with Crippen molar-refractivity contribution in [1.29, 1.82) is 0 Å². The van der Waals surface area contributed by atoms with Gasteiger partial charge in [0.05, 0.1) is 0 Å². The average Bonchev–Trinajstić information content (AvgIpc) is 3.09. The molecule has 3 aromatic rings. The molecule has 0 saturated heterocycles. The maximum atomic E-state index is 12.4. The zero-order valence-corrected chi connectivity index (χ0v) is 14.4. The summed E-state index contributed by atoms with van der Waals surface area (Å²) in [5.74, 6) is 0.406. The number of carbonyl (C=O) groups excluding carboxylic acids is 1. The fourth-order valence-electron chi connectivity index (χ4n) is 3.02. The van der Waals surface area contributed by atoms with Crippen LogP contribution >= 0.6 is 11.8 Å². The first-order chi connectivity index (χ1) is 12.3. The number of hydrogen-bond donors (Lipinski definition) is 1. The number of rotatable bonds is 4. The van der Waals surface area contributed by atoms with Crippen molar-refractivity contribution < 1.29 is 4.79 Å². The fourth-order valence-corrected chi connectivity index (χ4v) is 4.07. The van der Waals surface area contributed by atoms with Crippen molar-refractivity contribution in [2.24, 2.45) is 0 Å². The molecule has 8 heteroatoms. The van der Waals surface area contributed by atoms with Gasteiger partial charge in [0.2, 0.25) is 5.78 Å². The Morgan fingerprint density at radius 2 is 1.84 bits per heavy atom. The molecule has 0 unspecified atom stereocenters. The van der Waals surface area contributed by atoms with Crippen LogP contribution in [0.1, 0.15) is 36.2 Å². The van der Waals surface area contributed by atoms with Crippen molar-refractivity contribution in [2.75, 3.05) is 0 Å². The van der Waals surface area contributed by atoms with E-state index < -0.39 is 0 Å². The Hall–Kier alpha value is -2.48. The smallest absolute Gasteiger partial charge is 0.271 e. The van der Waals surface area contributed by atoms with Gasteiger partial charge in [-0.3, -0.25) is 9.20 Å². The predicted molar refractivity (Wildman–Crippen MR) is 94.4 cm³/mol. The number of thioether (sulfide) groups is 1. The highest BCUT2D eigenvalue weighted by atomic mass is 32.2. The van der Waals surface area contributed by atoms with Gasteiger partial charge in [0.1, 0.15) is 5.69 Å². The highest BCUT2D eigenvalue weighted by Crippen LogP contribution is 2.31. The second-order valence-electron chi connectivity index (χ2n) is 6.05. The van der Waals surface area contributed by atoms with E-state index in [0.29, 0.717) is 16.7 Å². The van der Waals surface area contributed by atoms with Gasteiger partial charge in [-0.15, -0.1) is 0 Å². The van der Waals surface area contributed by atoms with Gasteiger partial charge >= 0.3 is 0 Å². The zero-order chi connectivity index (χ0) is 17.1. The van der Waals surface area contributed by atoms with Crippen LogP contribution in [0.5, 0.6) is 0 Å².